The predicted octanol–water partition coefficient (Wildman–Crippen LogP) is 4.54. The first kappa shape index (κ1) is 11.7. The summed E-state index contributed by atoms with van der Waals surface area (Å²) in [6.45, 7) is 4.62. The molecule has 1 aromatic carbocycles. The molecule has 0 unspecified atom stereocenters. The van der Waals surface area contributed by atoms with Gasteiger partial charge >= 0.3 is 0 Å². The Morgan fingerprint density at radius 1 is 1.06 bits per heavy atom. The number of fused-ring (bicyclic) bond motifs is 1. The van der Waals surface area contributed by atoms with E-state index in [1.54, 1.807) is 16.7 Å². The highest BCUT2D eigenvalue weighted by Crippen LogP contribution is 2.23. The maximum Gasteiger partial charge on any atom is -0.0276 e. The maximum atomic E-state index is 2.47. The minimum atomic E-state index is 0.845. The van der Waals surface area contributed by atoms with Crippen molar-refractivity contribution in [2.45, 2.75) is 58.8 Å². The van der Waals surface area contributed by atoms with E-state index >= 15 is 0 Å². The summed E-state index contributed by atoms with van der Waals surface area (Å²) in [5.41, 5.74) is 4.80. The third kappa shape index (κ3) is 3.10. The first-order valence-corrected chi connectivity index (χ1v) is 6.86. The molecule has 0 amide bonds. The maximum absolute atomic E-state index is 2.47. The molecule has 0 aromatic heterocycles. The molecule has 0 heterocycles. The van der Waals surface area contributed by atoms with Gasteiger partial charge in [0, 0.05) is 0 Å². The largest absolute Gasteiger partial charge is 0.0628 e. The van der Waals surface area contributed by atoms with Crippen molar-refractivity contribution in [3.63, 3.8) is 0 Å². The second-order valence-electron chi connectivity index (χ2n) is 5.60. The monoisotopic (exact) mass is 216 g/mol. The highest BCUT2D eigenvalue weighted by atomic mass is 14.1. The van der Waals surface area contributed by atoms with Crippen molar-refractivity contribution < 1.29 is 0 Å². The molecule has 1 aliphatic carbocycles. The summed E-state index contributed by atoms with van der Waals surface area (Å²) in [5.74, 6) is 0.845. The smallest absolute Gasteiger partial charge is 0.0276 e. The van der Waals surface area contributed by atoms with Gasteiger partial charge in [-0.25, -0.2) is 0 Å². The summed E-state index contributed by atoms with van der Waals surface area (Å²) in [5, 5.41) is 0. The van der Waals surface area contributed by atoms with E-state index in [1.165, 1.54) is 44.9 Å². The number of aryl methyl sites for hydroxylation is 3. The molecule has 0 saturated heterocycles. The van der Waals surface area contributed by atoms with E-state index in [2.05, 4.69) is 32.0 Å². The lowest BCUT2D eigenvalue weighted by Crippen LogP contribution is -2.03. The van der Waals surface area contributed by atoms with Gasteiger partial charge in [-0.3, -0.25) is 0 Å². The highest BCUT2D eigenvalue weighted by Gasteiger charge is 2.09. The van der Waals surface area contributed by atoms with Crippen LogP contribution in [0.3, 0.4) is 0 Å². The third-order valence-electron chi connectivity index (χ3n) is 3.66. The van der Waals surface area contributed by atoms with Gasteiger partial charge in [-0.05, 0) is 61.1 Å². The van der Waals surface area contributed by atoms with Gasteiger partial charge in [0.2, 0.25) is 0 Å². The Bertz CT molecular complexity index is 336. The number of benzene rings is 1. The zero-order chi connectivity index (χ0) is 11.4. The van der Waals surface area contributed by atoms with Crippen LogP contribution in [0.5, 0.6) is 0 Å². The minimum absolute atomic E-state index is 0.845. The van der Waals surface area contributed by atoms with Crippen LogP contribution in [-0.2, 0) is 19.3 Å². The van der Waals surface area contributed by atoms with Crippen LogP contribution < -0.4 is 0 Å². The SMILES string of the molecule is CC(C)CCCc1ccc2c(c1)CCCC2. The Kier molecular flexibility index (Phi) is 4.04. The molecule has 0 N–H and O–H groups in total. The Hall–Kier alpha value is -0.780. The van der Waals surface area contributed by atoms with E-state index in [-0.39, 0.29) is 0 Å². The van der Waals surface area contributed by atoms with Crippen molar-refractivity contribution in [1.82, 2.24) is 0 Å². The van der Waals surface area contributed by atoms with Crippen molar-refractivity contribution in [2.75, 3.05) is 0 Å². The summed E-state index contributed by atoms with van der Waals surface area (Å²) in [7, 11) is 0. The summed E-state index contributed by atoms with van der Waals surface area (Å²) < 4.78 is 0. The predicted molar refractivity (Wildman–Crippen MR) is 70.9 cm³/mol. The van der Waals surface area contributed by atoms with Gasteiger partial charge in [0.25, 0.3) is 0 Å². The fraction of sp³-hybridized carbons (Fsp3) is 0.625. The molecule has 88 valence electrons. The number of hydrogen-bond donors (Lipinski definition) is 0. The number of hydrogen-bond acceptors (Lipinski definition) is 0. The normalized spacial score (nSPS) is 15.2. The molecule has 0 spiro atoms. The fourth-order valence-electron chi connectivity index (χ4n) is 2.66. The molecule has 0 heteroatoms. The zero-order valence-corrected chi connectivity index (χ0v) is 10.8. The fourth-order valence-corrected chi connectivity index (χ4v) is 2.66. The third-order valence-corrected chi connectivity index (χ3v) is 3.66. The summed E-state index contributed by atoms with van der Waals surface area (Å²) >= 11 is 0. The van der Waals surface area contributed by atoms with Crippen LogP contribution in [0.4, 0.5) is 0 Å². The first-order chi connectivity index (χ1) is 7.75. The molecule has 0 atom stereocenters. The summed E-state index contributed by atoms with van der Waals surface area (Å²) in [4.78, 5) is 0. The van der Waals surface area contributed by atoms with Crippen LogP contribution in [0.1, 0.15) is 56.2 Å². The standard InChI is InChI=1S/C16H24/c1-13(2)6-5-7-14-10-11-15-8-3-4-9-16(15)12-14/h10-13H,3-9H2,1-2H3. The van der Waals surface area contributed by atoms with Gasteiger partial charge in [-0.15, -0.1) is 0 Å². The van der Waals surface area contributed by atoms with E-state index in [9.17, 15) is 0 Å². The van der Waals surface area contributed by atoms with Gasteiger partial charge < -0.3 is 0 Å². The molecule has 0 radical (unpaired) electrons. The molecule has 2 rings (SSSR count). The van der Waals surface area contributed by atoms with Gasteiger partial charge in [0.15, 0.2) is 0 Å². The van der Waals surface area contributed by atoms with Crippen LogP contribution in [0.15, 0.2) is 18.2 Å². The molecule has 0 saturated carbocycles. The van der Waals surface area contributed by atoms with E-state index in [1.807, 2.05) is 0 Å². The Balaban J connectivity index is 1.95. The lowest BCUT2D eigenvalue weighted by Gasteiger charge is -2.16. The molecule has 0 aliphatic heterocycles. The first-order valence-electron chi connectivity index (χ1n) is 6.86. The van der Waals surface area contributed by atoms with E-state index in [0.717, 1.165) is 5.92 Å². The molecule has 1 aliphatic rings. The van der Waals surface area contributed by atoms with Crippen LogP contribution in [0.2, 0.25) is 0 Å². The van der Waals surface area contributed by atoms with E-state index in [0.29, 0.717) is 0 Å². The van der Waals surface area contributed by atoms with Crippen LogP contribution in [-0.4, -0.2) is 0 Å². The minimum Gasteiger partial charge on any atom is -0.0628 e. The Morgan fingerprint density at radius 2 is 1.81 bits per heavy atom. The molecule has 16 heavy (non-hydrogen) atoms. The lowest BCUT2D eigenvalue weighted by molar-refractivity contribution is 0.555. The number of rotatable bonds is 4. The van der Waals surface area contributed by atoms with Crippen LogP contribution in [0.25, 0.3) is 0 Å². The van der Waals surface area contributed by atoms with Crippen molar-refractivity contribution in [3.05, 3.63) is 34.9 Å². The van der Waals surface area contributed by atoms with Gasteiger partial charge in [0.1, 0.15) is 0 Å². The van der Waals surface area contributed by atoms with Crippen LogP contribution >= 0.6 is 0 Å². The van der Waals surface area contributed by atoms with Crippen molar-refractivity contribution in [2.24, 2.45) is 5.92 Å². The van der Waals surface area contributed by atoms with E-state index in [4.69, 9.17) is 0 Å². The molecular formula is C16H24. The average molecular weight is 216 g/mol. The second kappa shape index (κ2) is 5.52. The van der Waals surface area contributed by atoms with Gasteiger partial charge in [0.05, 0.1) is 0 Å². The Morgan fingerprint density at radius 3 is 2.56 bits per heavy atom. The molecular weight excluding hydrogens is 192 g/mol. The summed E-state index contributed by atoms with van der Waals surface area (Å²) in [6, 6.07) is 7.19. The molecule has 1 aromatic rings. The van der Waals surface area contributed by atoms with Crippen molar-refractivity contribution in [3.8, 4) is 0 Å². The quantitative estimate of drug-likeness (QED) is 0.693. The molecule has 0 fully saturated rings. The molecule has 0 bridgehead atoms. The highest BCUT2D eigenvalue weighted by molar-refractivity contribution is 5.33. The van der Waals surface area contributed by atoms with Gasteiger partial charge in [-0.1, -0.05) is 38.5 Å². The molecule has 0 nitrogen and oxygen atoms in total. The topological polar surface area (TPSA) is 0 Å². The van der Waals surface area contributed by atoms with Crippen LogP contribution in [0, 0.1) is 5.92 Å². The summed E-state index contributed by atoms with van der Waals surface area (Å²) in [6.07, 6.45) is 9.37. The lowest BCUT2D eigenvalue weighted by atomic mass is 9.89. The van der Waals surface area contributed by atoms with Crippen molar-refractivity contribution >= 4 is 0 Å². The Labute approximate surface area is 100 Å². The van der Waals surface area contributed by atoms with Crippen molar-refractivity contribution in [1.29, 1.82) is 0 Å². The second-order valence-corrected chi connectivity index (χ2v) is 5.60. The van der Waals surface area contributed by atoms with E-state index < -0.39 is 0 Å². The average Bonchev–Trinajstić information content (AvgIpc) is 2.28. The van der Waals surface area contributed by atoms with Gasteiger partial charge in [-0.2, -0.15) is 0 Å². The zero-order valence-electron chi connectivity index (χ0n) is 10.8.